The molecule has 0 saturated heterocycles. The summed E-state index contributed by atoms with van der Waals surface area (Å²) in [4.78, 5) is 11.5. The average Bonchev–Trinajstić information content (AvgIpc) is 2.63. The summed E-state index contributed by atoms with van der Waals surface area (Å²) >= 11 is 0. The summed E-state index contributed by atoms with van der Waals surface area (Å²) < 4.78 is 7.52. The van der Waals surface area contributed by atoms with Gasteiger partial charge in [0.2, 0.25) is 0 Å². The Balaban J connectivity index is 2.70. The summed E-state index contributed by atoms with van der Waals surface area (Å²) in [5.74, 6) is -0.169. The zero-order valence-corrected chi connectivity index (χ0v) is 11.6. The van der Waals surface area contributed by atoms with Gasteiger partial charge in [0.25, 0.3) is 0 Å². The highest BCUT2D eigenvalue weighted by Gasteiger charge is 2.19. The topological polar surface area (TPSA) is 51.5 Å². The minimum Gasteiger partial charge on any atom is -0.494 e. The van der Waals surface area contributed by atoms with Gasteiger partial charge in [0.1, 0.15) is 5.75 Å². The molecule has 1 N–H and O–H groups in total. The van der Waals surface area contributed by atoms with Crippen LogP contribution in [-0.2, 0) is 6.54 Å². The van der Waals surface area contributed by atoms with Crippen LogP contribution < -0.4 is 4.74 Å². The lowest BCUT2D eigenvalue weighted by Crippen LogP contribution is -2.02. The van der Waals surface area contributed by atoms with Crippen LogP contribution >= 0.6 is 0 Å². The van der Waals surface area contributed by atoms with Gasteiger partial charge in [0.05, 0.1) is 12.2 Å². The molecule has 0 aliphatic rings. The van der Waals surface area contributed by atoms with Crippen molar-refractivity contribution in [2.45, 2.75) is 33.7 Å². The molecule has 0 aliphatic carbocycles. The molecule has 0 unspecified atom stereocenters. The third kappa shape index (κ3) is 2.30. The summed E-state index contributed by atoms with van der Waals surface area (Å²) in [6.45, 7) is 7.25. The van der Waals surface area contributed by atoms with E-state index in [1.807, 2.05) is 32.0 Å². The number of aromatic nitrogens is 1. The highest BCUT2D eigenvalue weighted by Crippen LogP contribution is 2.29. The molecule has 0 radical (unpaired) electrons. The minimum absolute atomic E-state index is 0.380. The average molecular weight is 261 g/mol. The van der Waals surface area contributed by atoms with E-state index < -0.39 is 5.97 Å². The smallest absolute Gasteiger partial charge is 0.338 e. The lowest BCUT2D eigenvalue weighted by atomic mass is 10.1. The fraction of sp³-hybridized carbons (Fsp3) is 0.400. The number of carboxylic acid groups (broad SMARTS) is 1. The standard InChI is InChI=1S/C15H19NO3/c1-4-8-16-10(3)14(15(17)18)12-9-11(19-5-2)6-7-13(12)16/h6-7,9H,4-5,8H2,1-3H3,(H,17,18). The first kappa shape index (κ1) is 13.5. The van der Waals surface area contributed by atoms with E-state index in [0.29, 0.717) is 17.9 Å². The number of nitrogens with zero attached hydrogens (tertiary/aromatic N) is 1. The Morgan fingerprint density at radius 1 is 1.37 bits per heavy atom. The number of aromatic carboxylic acids is 1. The van der Waals surface area contributed by atoms with E-state index in [9.17, 15) is 9.90 Å². The van der Waals surface area contributed by atoms with E-state index in [2.05, 4.69) is 11.5 Å². The van der Waals surface area contributed by atoms with Crippen LogP contribution in [0.1, 0.15) is 36.3 Å². The van der Waals surface area contributed by atoms with Crippen LogP contribution in [0.4, 0.5) is 0 Å². The Morgan fingerprint density at radius 2 is 2.11 bits per heavy atom. The molecule has 1 heterocycles. The molecule has 0 aliphatic heterocycles. The second-order valence-electron chi connectivity index (χ2n) is 4.53. The van der Waals surface area contributed by atoms with Crippen molar-refractivity contribution in [3.63, 3.8) is 0 Å². The molecule has 4 nitrogen and oxygen atoms in total. The quantitative estimate of drug-likeness (QED) is 0.896. The highest BCUT2D eigenvalue weighted by atomic mass is 16.5. The van der Waals surface area contributed by atoms with E-state index >= 15 is 0 Å². The maximum Gasteiger partial charge on any atom is 0.338 e. The summed E-state index contributed by atoms with van der Waals surface area (Å²) in [5, 5.41) is 10.2. The second kappa shape index (κ2) is 5.34. The SMILES string of the molecule is CCCn1c(C)c(C(=O)O)c2cc(OCC)ccc21. The fourth-order valence-corrected chi connectivity index (χ4v) is 2.50. The molecule has 0 spiro atoms. The summed E-state index contributed by atoms with van der Waals surface area (Å²) in [6, 6.07) is 5.65. The van der Waals surface area contributed by atoms with E-state index in [1.165, 1.54) is 0 Å². The Kier molecular flexibility index (Phi) is 3.79. The molecule has 0 saturated carbocycles. The number of rotatable bonds is 5. The van der Waals surface area contributed by atoms with Gasteiger partial charge in [0.15, 0.2) is 0 Å². The van der Waals surface area contributed by atoms with Crippen LogP contribution in [0.3, 0.4) is 0 Å². The molecule has 0 atom stereocenters. The van der Waals surface area contributed by atoms with Crippen molar-refractivity contribution >= 4 is 16.9 Å². The third-order valence-electron chi connectivity index (χ3n) is 3.27. The van der Waals surface area contributed by atoms with Gasteiger partial charge >= 0.3 is 5.97 Å². The zero-order valence-electron chi connectivity index (χ0n) is 11.6. The van der Waals surface area contributed by atoms with E-state index in [-0.39, 0.29) is 0 Å². The Morgan fingerprint density at radius 3 is 2.68 bits per heavy atom. The van der Waals surface area contributed by atoms with Crippen molar-refractivity contribution in [3.05, 3.63) is 29.5 Å². The van der Waals surface area contributed by atoms with Crippen LogP contribution in [0, 0.1) is 6.92 Å². The molecular formula is C15H19NO3. The van der Waals surface area contributed by atoms with Crippen LogP contribution in [0.25, 0.3) is 10.9 Å². The first-order valence-electron chi connectivity index (χ1n) is 6.59. The van der Waals surface area contributed by atoms with Crippen molar-refractivity contribution in [2.75, 3.05) is 6.61 Å². The van der Waals surface area contributed by atoms with Crippen molar-refractivity contribution in [2.24, 2.45) is 0 Å². The normalized spacial score (nSPS) is 10.9. The lowest BCUT2D eigenvalue weighted by Gasteiger charge is -2.06. The molecule has 0 bridgehead atoms. The number of hydrogen-bond donors (Lipinski definition) is 1. The Bertz CT molecular complexity index is 613. The van der Waals surface area contributed by atoms with Gasteiger partial charge in [-0.3, -0.25) is 0 Å². The van der Waals surface area contributed by atoms with Gasteiger partial charge in [-0.05, 0) is 38.5 Å². The van der Waals surface area contributed by atoms with Crippen molar-refractivity contribution in [3.8, 4) is 5.75 Å². The second-order valence-corrected chi connectivity index (χ2v) is 4.53. The minimum atomic E-state index is -0.883. The number of aryl methyl sites for hydroxylation is 1. The molecule has 0 amide bonds. The lowest BCUT2D eigenvalue weighted by molar-refractivity contribution is 0.0698. The van der Waals surface area contributed by atoms with Gasteiger partial charge in [-0.15, -0.1) is 0 Å². The zero-order chi connectivity index (χ0) is 14.0. The molecule has 19 heavy (non-hydrogen) atoms. The molecule has 4 heteroatoms. The Hall–Kier alpha value is -1.97. The van der Waals surface area contributed by atoms with Crippen molar-refractivity contribution in [1.29, 1.82) is 0 Å². The predicted octanol–water partition coefficient (Wildman–Crippen LogP) is 3.46. The predicted molar refractivity (Wildman–Crippen MR) is 75.1 cm³/mol. The fourth-order valence-electron chi connectivity index (χ4n) is 2.50. The molecule has 0 fully saturated rings. The molecule has 102 valence electrons. The summed E-state index contributed by atoms with van der Waals surface area (Å²) in [7, 11) is 0. The molecule has 2 aromatic rings. The number of benzene rings is 1. The largest absolute Gasteiger partial charge is 0.494 e. The van der Waals surface area contributed by atoms with Crippen LogP contribution in [0.5, 0.6) is 5.75 Å². The first-order chi connectivity index (χ1) is 9.10. The van der Waals surface area contributed by atoms with Crippen LogP contribution in [-0.4, -0.2) is 22.2 Å². The van der Waals surface area contributed by atoms with Crippen molar-refractivity contribution in [1.82, 2.24) is 4.57 Å². The summed E-state index contributed by atoms with van der Waals surface area (Å²) in [5.41, 5.74) is 2.14. The number of fused-ring (bicyclic) bond motifs is 1. The van der Waals surface area contributed by atoms with Gasteiger partial charge in [-0.1, -0.05) is 6.92 Å². The first-order valence-corrected chi connectivity index (χ1v) is 6.59. The molecule has 1 aromatic carbocycles. The maximum atomic E-state index is 11.5. The van der Waals surface area contributed by atoms with Gasteiger partial charge in [0, 0.05) is 23.1 Å². The monoisotopic (exact) mass is 261 g/mol. The maximum absolute atomic E-state index is 11.5. The van der Waals surface area contributed by atoms with E-state index in [4.69, 9.17) is 4.74 Å². The van der Waals surface area contributed by atoms with Gasteiger partial charge in [-0.2, -0.15) is 0 Å². The number of carbonyl (C=O) groups is 1. The van der Waals surface area contributed by atoms with Gasteiger partial charge < -0.3 is 14.4 Å². The molecular weight excluding hydrogens is 242 g/mol. The summed E-state index contributed by atoms with van der Waals surface area (Å²) in [6.07, 6.45) is 0.969. The van der Waals surface area contributed by atoms with E-state index in [1.54, 1.807) is 0 Å². The highest BCUT2D eigenvalue weighted by molar-refractivity contribution is 6.05. The van der Waals surface area contributed by atoms with Crippen LogP contribution in [0.15, 0.2) is 18.2 Å². The van der Waals surface area contributed by atoms with Crippen molar-refractivity contribution < 1.29 is 14.6 Å². The van der Waals surface area contributed by atoms with E-state index in [0.717, 1.165) is 29.6 Å². The molecule has 2 rings (SSSR count). The van der Waals surface area contributed by atoms with Gasteiger partial charge in [-0.25, -0.2) is 4.79 Å². The van der Waals surface area contributed by atoms with Crippen LogP contribution in [0.2, 0.25) is 0 Å². The number of ether oxygens (including phenoxy) is 1. The number of carboxylic acids is 1. The Labute approximate surface area is 112 Å². The third-order valence-corrected chi connectivity index (χ3v) is 3.27. The molecule has 1 aromatic heterocycles. The number of hydrogen-bond acceptors (Lipinski definition) is 2.